The minimum absolute atomic E-state index is 0.102. The van der Waals surface area contributed by atoms with Crippen LogP contribution in [-0.4, -0.2) is 96.7 Å². The standard InChI is InChI=1S/C78H152O17P2/c1-9-71(8)57-49-41-35-37-45-53-61-78(83)95-74(65-89-76(81)59-51-43-36-34-40-48-56-70(6)7)67-93-97(86,87)91-63-72(79)62-90-96(84,85)92-66-73(64-88-75(80)58-50-42-32-28-24-20-17-16-19-23-27-31-39-47-55-69(4)5)94-77(82)60-52-44-33-29-25-21-15-13-11-10-12-14-18-22-26-30-38-46-54-68(2)3/h68-74,79H,9-67H2,1-8H3,(H,84,85)(H,86,87)/t71?,72-,73-,74-/m1/s1. The molecule has 0 spiro atoms. The molecule has 0 aromatic rings. The molecular formula is C78H152O17P2. The minimum Gasteiger partial charge on any atom is -0.462 e. The number of aliphatic hydroxyl groups excluding tert-OH is 1. The van der Waals surface area contributed by atoms with Crippen LogP contribution < -0.4 is 0 Å². The number of hydrogen-bond donors (Lipinski definition) is 3. The van der Waals surface area contributed by atoms with Crippen molar-refractivity contribution in [3.05, 3.63) is 0 Å². The molecule has 0 bridgehead atoms. The fraction of sp³-hybridized carbons (Fsp3) is 0.949. The summed E-state index contributed by atoms with van der Waals surface area (Å²) in [4.78, 5) is 72.8. The zero-order valence-corrected chi connectivity index (χ0v) is 65.5. The van der Waals surface area contributed by atoms with Gasteiger partial charge in [0.25, 0.3) is 0 Å². The van der Waals surface area contributed by atoms with Gasteiger partial charge in [-0.25, -0.2) is 9.13 Å². The monoisotopic (exact) mass is 1420 g/mol. The summed E-state index contributed by atoms with van der Waals surface area (Å²) in [5.74, 6) is 0.895. The average Bonchev–Trinajstić information content (AvgIpc) is 2.09. The van der Waals surface area contributed by atoms with E-state index in [1.165, 1.54) is 193 Å². The van der Waals surface area contributed by atoms with Gasteiger partial charge in [0.1, 0.15) is 19.3 Å². The number of ether oxygens (including phenoxy) is 4. The Morgan fingerprint density at radius 3 is 0.732 bits per heavy atom. The van der Waals surface area contributed by atoms with E-state index in [1.54, 1.807) is 0 Å². The van der Waals surface area contributed by atoms with E-state index in [4.69, 9.17) is 37.0 Å². The third-order valence-electron chi connectivity index (χ3n) is 18.4. The lowest BCUT2D eigenvalue weighted by molar-refractivity contribution is -0.161. The molecule has 17 nitrogen and oxygen atoms in total. The van der Waals surface area contributed by atoms with E-state index < -0.39 is 97.5 Å². The molecule has 0 aromatic carbocycles. The number of aliphatic hydroxyl groups is 1. The zero-order chi connectivity index (χ0) is 71.7. The van der Waals surface area contributed by atoms with Crippen LogP contribution in [0.25, 0.3) is 0 Å². The molecule has 0 saturated heterocycles. The molecule has 19 heteroatoms. The number of unbranched alkanes of at least 4 members (excludes halogenated alkanes) is 40. The second kappa shape index (κ2) is 67.2. The van der Waals surface area contributed by atoms with Crippen molar-refractivity contribution in [2.75, 3.05) is 39.6 Å². The van der Waals surface area contributed by atoms with Crippen molar-refractivity contribution in [1.29, 1.82) is 0 Å². The van der Waals surface area contributed by atoms with Gasteiger partial charge >= 0.3 is 39.5 Å². The first-order valence-corrected chi connectivity index (χ1v) is 43.2. The summed E-state index contributed by atoms with van der Waals surface area (Å²) >= 11 is 0. The van der Waals surface area contributed by atoms with Crippen molar-refractivity contribution >= 4 is 39.5 Å². The van der Waals surface area contributed by atoms with E-state index in [0.717, 1.165) is 114 Å². The number of hydrogen-bond acceptors (Lipinski definition) is 15. The number of phosphoric ester groups is 2. The number of phosphoric acid groups is 2. The van der Waals surface area contributed by atoms with Gasteiger partial charge in [0.15, 0.2) is 12.2 Å². The van der Waals surface area contributed by atoms with Crippen molar-refractivity contribution in [3.63, 3.8) is 0 Å². The molecule has 3 N–H and O–H groups in total. The summed E-state index contributed by atoms with van der Waals surface area (Å²) in [5.41, 5.74) is 0. The van der Waals surface area contributed by atoms with Crippen LogP contribution in [0.15, 0.2) is 0 Å². The Bertz CT molecular complexity index is 1900. The molecule has 0 aliphatic rings. The van der Waals surface area contributed by atoms with Gasteiger partial charge in [0.2, 0.25) is 0 Å². The zero-order valence-electron chi connectivity index (χ0n) is 63.7. The molecule has 3 unspecified atom stereocenters. The smallest absolute Gasteiger partial charge is 0.462 e. The topological polar surface area (TPSA) is 237 Å². The van der Waals surface area contributed by atoms with E-state index in [9.17, 15) is 43.2 Å². The van der Waals surface area contributed by atoms with Crippen LogP contribution in [0.3, 0.4) is 0 Å². The van der Waals surface area contributed by atoms with E-state index >= 15 is 0 Å². The van der Waals surface area contributed by atoms with E-state index in [-0.39, 0.29) is 25.7 Å². The van der Waals surface area contributed by atoms with Crippen LogP contribution in [0, 0.1) is 23.7 Å². The number of carbonyl (C=O) groups is 4. The Hall–Kier alpha value is -1.94. The van der Waals surface area contributed by atoms with Crippen molar-refractivity contribution < 1.29 is 80.2 Å². The summed E-state index contributed by atoms with van der Waals surface area (Å²) in [6, 6.07) is 0. The number of esters is 4. The van der Waals surface area contributed by atoms with Crippen molar-refractivity contribution in [2.45, 2.75) is 414 Å². The third kappa shape index (κ3) is 70.9. The normalized spacial score (nSPS) is 14.4. The number of rotatable bonds is 75. The first-order valence-electron chi connectivity index (χ1n) is 40.2. The third-order valence-corrected chi connectivity index (χ3v) is 20.3. The molecule has 576 valence electrons. The molecule has 0 aliphatic heterocycles. The van der Waals surface area contributed by atoms with Gasteiger partial charge in [0, 0.05) is 25.7 Å². The summed E-state index contributed by atoms with van der Waals surface area (Å²) in [5, 5.41) is 10.6. The second-order valence-corrected chi connectivity index (χ2v) is 32.7. The van der Waals surface area contributed by atoms with Crippen LogP contribution in [0.4, 0.5) is 0 Å². The average molecular weight is 1420 g/mol. The lowest BCUT2D eigenvalue weighted by Gasteiger charge is -2.21. The Morgan fingerprint density at radius 2 is 0.495 bits per heavy atom. The minimum atomic E-state index is -4.96. The highest BCUT2D eigenvalue weighted by molar-refractivity contribution is 7.47. The molecule has 97 heavy (non-hydrogen) atoms. The van der Waals surface area contributed by atoms with Crippen molar-refractivity contribution in [2.24, 2.45) is 23.7 Å². The van der Waals surface area contributed by atoms with Gasteiger partial charge in [-0.3, -0.25) is 37.3 Å². The Morgan fingerprint density at radius 1 is 0.289 bits per heavy atom. The summed E-state index contributed by atoms with van der Waals surface area (Å²) in [7, 11) is -9.91. The Labute approximate surface area is 594 Å². The van der Waals surface area contributed by atoms with Crippen LogP contribution in [0.2, 0.25) is 0 Å². The lowest BCUT2D eigenvalue weighted by Crippen LogP contribution is -2.30. The summed E-state index contributed by atoms with van der Waals surface area (Å²) < 4.78 is 68.5. The number of carbonyl (C=O) groups excluding carboxylic acids is 4. The molecule has 6 atom stereocenters. The summed E-state index contributed by atoms with van der Waals surface area (Å²) in [6.07, 6.45) is 53.1. The molecule has 0 aliphatic carbocycles. The molecule has 0 radical (unpaired) electrons. The maximum absolute atomic E-state index is 13.1. The molecule has 0 amide bonds. The first-order chi connectivity index (χ1) is 46.6. The van der Waals surface area contributed by atoms with Gasteiger partial charge in [-0.2, -0.15) is 0 Å². The van der Waals surface area contributed by atoms with Gasteiger partial charge in [0.05, 0.1) is 26.4 Å². The highest BCUT2D eigenvalue weighted by Crippen LogP contribution is 2.45. The van der Waals surface area contributed by atoms with Gasteiger partial charge in [-0.05, 0) is 49.4 Å². The van der Waals surface area contributed by atoms with Crippen LogP contribution >= 0.6 is 15.6 Å². The molecular weight excluding hydrogens is 1270 g/mol. The highest BCUT2D eigenvalue weighted by Gasteiger charge is 2.30. The lowest BCUT2D eigenvalue weighted by atomic mass is 10.00. The van der Waals surface area contributed by atoms with E-state index in [2.05, 4.69) is 55.4 Å². The van der Waals surface area contributed by atoms with E-state index in [0.29, 0.717) is 31.6 Å². The molecule has 0 saturated carbocycles. The van der Waals surface area contributed by atoms with E-state index in [1.807, 2.05) is 0 Å². The van der Waals surface area contributed by atoms with Crippen molar-refractivity contribution in [1.82, 2.24) is 0 Å². The first kappa shape index (κ1) is 95.1. The largest absolute Gasteiger partial charge is 0.472 e. The van der Waals surface area contributed by atoms with Gasteiger partial charge < -0.3 is 33.8 Å². The fourth-order valence-electron chi connectivity index (χ4n) is 11.9. The second-order valence-electron chi connectivity index (χ2n) is 29.8. The fourth-order valence-corrected chi connectivity index (χ4v) is 13.5. The van der Waals surface area contributed by atoms with Crippen LogP contribution in [-0.2, 0) is 65.4 Å². The van der Waals surface area contributed by atoms with Gasteiger partial charge in [-0.15, -0.1) is 0 Å². The van der Waals surface area contributed by atoms with Crippen LogP contribution in [0.5, 0.6) is 0 Å². The molecule has 0 fully saturated rings. The highest BCUT2D eigenvalue weighted by atomic mass is 31.2. The quantitative estimate of drug-likeness (QED) is 0.0222. The Kier molecular flexibility index (Phi) is 65.9. The molecule has 0 heterocycles. The summed E-state index contributed by atoms with van der Waals surface area (Å²) in [6.45, 7) is 14.1. The van der Waals surface area contributed by atoms with Gasteiger partial charge in [-0.1, -0.05) is 344 Å². The predicted molar refractivity (Wildman–Crippen MR) is 395 cm³/mol. The molecule has 0 aromatic heterocycles. The predicted octanol–water partition coefficient (Wildman–Crippen LogP) is 22.8. The van der Waals surface area contributed by atoms with Crippen molar-refractivity contribution in [3.8, 4) is 0 Å². The maximum Gasteiger partial charge on any atom is 0.472 e. The SMILES string of the molecule is CCC(C)CCCCCCCCC(=O)O[C@H](COC(=O)CCCCCCCCC(C)C)COP(=O)(O)OC[C@H](O)COP(=O)(O)OC[C@@H](COC(=O)CCCCCCCCCCCCCCCCC(C)C)OC(=O)CCCCCCCCCCCCCCCCCCCCC(C)C. The van der Waals surface area contributed by atoms with Crippen LogP contribution in [0.1, 0.15) is 396 Å². The Balaban J connectivity index is 5.19. The maximum atomic E-state index is 13.1. The molecule has 0 rings (SSSR count).